The van der Waals surface area contributed by atoms with Crippen molar-refractivity contribution in [2.24, 2.45) is 0 Å². The van der Waals surface area contributed by atoms with Gasteiger partial charge in [0, 0.05) is 0 Å². The second-order valence-corrected chi connectivity index (χ2v) is 2.01. The third-order valence-electron chi connectivity index (χ3n) is 0.934. The number of hydrogen-bond donors (Lipinski definition) is 2. The van der Waals surface area contributed by atoms with Gasteiger partial charge in [0.05, 0.1) is 28.8 Å². The molecule has 0 fully saturated rings. The number of hydrogen-bond acceptors (Lipinski definition) is 3. The van der Waals surface area contributed by atoms with Gasteiger partial charge in [-0.25, -0.2) is 0 Å². The fourth-order valence-electron chi connectivity index (χ4n) is 0.478. The molecule has 1 aromatic rings. The van der Waals surface area contributed by atoms with Crippen LogP contribution in [0.15, 0.2) is 12.4 Å². The van der Waals surface area contributed by atoms with Crippen molar-refractivity contribution in [2.75, 3.05) is 11.5 Å². The molecule has 4 heteroatoms. The molecule has 0 amide bonds. The Labute approximate surface area is 57.6 Å². The normalized spacial score (nSPS) is 9.44. The van der Waals surface area contributed by atoms with Gasteiger partial charge in [-0.15, -0.1) is 0 Å². The summed E-state index contributed by atoms with van der Waals surface area (Å²) >= 11 is 5.59. The van der Waals surface area contributed by atoms with E-state index in [9.17, 15) is 0 Å². The standard InChI is InChI=1S/C5H6ClN3/c6-5-3(7)1-9-2-4(5)8/h1-2H,7-8H2. The van der Waals surface area contributed by atoms with E-state index >= 15 is 0 Å². The van der Waals surface area contributed by atoms with Crippen molar-refractivity contribution in [3.8, 4) is 0 Å². The first-order valence-corrected chi connectivity index (χ1v) is 2.74. The van der Waals surface area contributed by atoms with Crippen LogP contribution in [0.2, 0.25) is 5.02 Å². The van der Waals surface area contributed by atoms with Crippen LogP contribution in [-0.4, -0.2) is 4.98 Å². The number of nitrogens with two attached hydrogens (primary N) is 2. The molecule has 3 nitrogen and oxygen atoms in total. The highest BCUT2D eigenvalue weighted by molar-refractivity contribution is 6.35. The van der Waals surface area contributed by atoms with Gasteiger partial charge in [-0.05, 0) is 0 Å². The van der Waals surface area contributed by atoms with Crippen LogP contribution >= 0.6 is 11.6 Å². The molecule has 0 bridgehead atoms. The highest BCUT2D eigenvalue weighted by Crippen LogP contribution is 2.22. The van der Waals surface area contributed by atoms with E-state index in [1.165, 1.54) is 12.4 Å². The Balaban J connectivity index is 3.25. The Kier molecular flexibility index (Phi) is 1.44. The van der Waals surface area contributed by atoms with Gasteiger partial charge >= 0.3 is 0 Å². The number of nitrogens with zero attached hydrogens (tertiary/aromatic N) is 1. The van der Waals surface area contributed by atoms with E-state index in [0.717, 1.165) is 0 Å². The highest BCUT2D eigenvalue weighted by Gasteiger charge is 1.97. The predicted octanol–water partition coefficient (Wildman–Crippen LogP) is 0.899. The fraction of sp³-hybridized carbons (Fsp3) is 0. The van der Waals surface area contributed by atoms with Crippen molar-refractivity contribution in [1.82, 2.24) is 4.98 Å². The van der Waals surface area contributed by atoms with Gasteiger partial charge in [-0.2, -0.15) is 0 Å². The molecule has 1 rings (SSSR count). The van der Waals surface area contributed by atoms with Crippen molar-refractivity contribution < 1.29 is 0 Å². The molecule has 4 N–H and O–H groups in total. The monoisotopic (exact) mass is 143 g/mol. The summed E-state index contributed by atoms with van der Waals surface area (Å²) in [5.41, 5.74) is 11.5. The number of pyridine rings is 1. The van der Waals surface area contributed by atoms with Crippen LogP contribution in [0.4, 0.5) is 11.4 Å². The van der Waals surface area contributed by atoms with Crippen LogP contribution in [0.25, 0.3) is 0 Å². The van der Waals surface area contributed by atoms with Crippen LogP contribution < -0.4 is 11.5 Å². The molecule has 48 valence electrons. The summed E-state index contributed by atoms with van der Waals surface area (Å²) in [4.78, 5) is 3.71. The minimum absolute atomic E-state index is 0.380. The SMILES string of the molecule is Nc1cncc(N)c1Cl. The molecule has 0 aliphatic carbocycles. The molecule has 0 saturated heterocycles. The van der Waals surface area contributed by atoms with Crippen LogP contribution in [0.1, 0.15) is 0 Å². The number of nitrogen functional groups attached to an aromatic ring is 2. The number of rotatable bonds is 0. The van der Waals surface area contributed by atoms with Gasteiger partial charge in [-0.1, -0.05) is 11.6 Å². The zero-order chi connectivity index (χ0) is 6.85. The molecule has 0 aromatic carbocycles. The summed E-state index contributed by atoms with van der Waals surface area (Å²) in [6.45, 7) is 0. The van der Waals surface area contributed by atoms with Gasteiger partial charge in [0.1, 0.15) is 0 Å². The van der Waals surface area contributed by atoms with E-state index < -0.39 is 0 Å². The second-order valence-electron chi connectivity index (χ2n) is 1.63. The minimum atomic E-state index is 0.380. The number of aromatic nitrogens is 1. The van der Waals surface area contributed by atoms with Gasteiger partial charge in [-0.3, -0.25) is 4.98 Å². The molecule has 0 spiro atoms. The lowest BCUT2D eigenvalue weighted by molar-refractivity contribution is 1.34. The fourth-order valence-corrected chi connectivity index (χ4v) is 0.575. The van der Waals surface area contributed by atoms with Crippen molar-refractivity contribution in [3.05, 3.63) is 17.4 Å². The zero-order valence-electron chi connectivity index (χ0n) is 4.63. The van der Waals surface area contributed by atoms with Crippen molar-refractivity contribution in [3.63, 3.8) is 0 Å². The molecule has 1 heterocycles. The summed E-state index contributed by atoms with van der Waals surface area (Å²) in [6, 6.07) is 0. The Bertz CT molecular complexity index is 203. The first-order chi connectivity index (χ1) is 4.22. The van der Waals surface area contributed by atoms with Crippen LogP contribution in [0.3, 0.4) is 0 Å². The van der Waals surface area contributed by atoms with Crippen molar-refractivity contribution >= 4 is 23.0 Å². The van der Waals surface area contributed by atoms with Crippen LogP contribution in [0.5, 0.6) is 0 Å². The predicted molar refractivity (Wildman–Crippen MR) is 38.1 cm³/mol. The highest BCUT2D eigenvalue weighted by atomic mass is 35.5. The lowest BCUT2D eigenvalue weighted by Gasteiger charge is -1.97. The van der Waals surface area contributed by atoms with E-state index in [4.69, 9.17) is 23.1 Å². The molecular weight excluding hydrogens is 138 g/mol. The molecule has 9 heavy (non-hydrogen) atoms. The molecule has 0 atom stereocenters. The van der Waals surface area contributed by atoms with E-state index in [2.05, 4.69) is 4.98 Å². The third-order valence-corrected chi connectivity index (χ3v) is 1.37. The molecule has 0 unspecified atom stereocenters. The maximum absolute atomic E-state index is 5.59. The molecule has 0 saturated carbocycles. The van der Waals surface area contributed by atoms with E-state index in [1.807, 2.05) is 0 Å². The topological polar surface area (TPSA) is 64.9 Å². The lowest BCUT2D eigenvalue weighted by atomic mass is 10.4. The van der Waals surface area contributed by atoms with E-state index in [1.54, 1.807) is 0 Å². The first-order valence-electron chi connectivity index (χ1n) is 2.36. The average molecular weight is 144 g/mol. The smallest absolute Gasteiger partial charge is 0.0896 e. The first kappa shape index (κ1) is 6.16. The molecule has 1 aromatic heterocycles. The van der Waals surface area contributed by atoms with Crippen LogP contribution in [-0.2, 0) is 0 Å². The summed E-state index contributed by atoms with van der Waals surface area (Å²) in [6.07, 6.45) is 2.91. The van der Waals surface area contributed by atoms with Gasteiger partial charge in [0.25, 0.3) is 0 Å². The summed E-state index contributed by atoms with van der Waals surface area (Å²) in [7, 11) is 0. The summed E-state index contributed by atoms with van der Waals surface area (Å²) in [5.74, 6) is 0. The molecular formula is C5H6ClN3. The Morgan fingerprint density at radius 1 is 1.22 bits per heavy atom. The molecule has 0 aliphatic heterocycles. The largest absolute Gasteiger partial charge is 0.396 e. The number of halogens is 1. The Morgan fingerprint density at radius 2 is 1.67 bits per heavy atom. The Hall–Kier alpha value is -0.960. The maximum Gasteiger partial charge on any atom is 0.0896 e. The second kappa shape index (κ2) is 2.11. The average Bonchev–Trinajstić information content (AvgIpc) is 1.83. The lowest BCUT2D eigenvalue weighted by Crippen LogP contribution is -1.93. The summed E-state index contributed by atoms with van der Waals surface area (Å²) in [5, 5.41) is 0.380. The molecule has 0 aliphatic rings. The molecule has 0 radical (unpaired) electrons. The minimum Gasteiger partial charge on any atom is -0.396 e. The van der Waals surface area contributed by atoms with Crippen molar-refractivity contribution in [2.45, 2.75) is 0 Å². The van der Waals surface area contributed by atoms with Crippen molar-refractivity contribution in [1.29, 1.82) is 0 Å². The quantitative estimate of drug-likeness (QED) is 0.567. The van der Waals surface area contributed by atoms with E-state index in [-0.39, 0.29) is 0 Å². The van der Waals surface area contributed by atoms with Crippen LogP contribution in [0, 0.1) is 0 Å². The third kappa shape index (κ3) is 1.05. The van der Waals surface area contributed by atoms with Gasteiger partial charge in [0.15, 0.2) is 0 Å². The maximum atomic E-state index is 5.59. The number of anilines is 2. The Morgan fingerprint density at radius 3 is 2.00 bits per heavy atom. The van der Waals surface area contributed by atoms with Gasteiger partial charge in [0.2, 0.25) is 0 Å². The van der Waals surface area contributed by atoms with E-state index in [0.29, 0.717) is 16.4 Å². The summed E-state index contributed by atoms with van der Waals surface area (Å²) < 4.78 is 0. The zero-order valence-corrected chi connectivity index (χ0v) is 5.39. The van der Waals surface area contributed by atoms with Gasteiger partial charge < -0.3 is 11.5 Å².